The highest BCUT2D eigenvalue weighted by atomic mass is 19.4. The highest BCUT2D eigenvalue weighted by Crippen LogP contribution is 2.34. The van der Waals surface area contributed by atoms with Crippen LogP contribution < -0.4 is 16.0 Å². The van der Waals surface area contributed by atoms with Gasteiger partial charge in [0, 0.05) is 25.6 Å². The number of nitro benzene ring substituents is 1. The first kappa shape index (κ1) is 21.2. The standard InChI is InChI=1S/C15H19F3N4O4/c1-2-6-20-14(24)9-21-13(23)5-7-19-11-4-3-10(15(16,17)18)8-12(11)22(25)26/h3-4,8,19H,2,5-7,9H2,1H3,(H,20,24)(H,21,23). The zero-order valence-corrected chi connectivity index (χ0v) is 14.0. The van der Waals surface area contributed by atoms with E-state index in [0.717, 1.165) is 12.5 Å². The maximum atomic E-state index is 12.6. The van der Waals surface area contributed by atoms with Crippen LogP contribution in [0.1, 0.15) is 25.3 Å². The fraction of sp³-hybridized carbons (Fsp3) is 0.467. The fourth-order valence-electron chi connectivity index (χ4n) is 1.91. The van der Waals surface area contributed by atoms with E-state index in [2.05, 4.69) is 16.0 Å². The Morgan fingerprint density at radius 2 is 1.85 bits per heavy atom. The molecule has 0 saturated heterocycles. The Bertz CT molecular complexity index is 665. The van der Waals surface area contributed by atoms with Crippen LogP contribution in [-0.2, 0) is 15.8 Å². The number of nitro groups is 1. The minimum atomic E-state index is -4.69. The Balaban J connectivity index is 2.55. The van der Waals surface area contributed by atoms with Gasteiger partial charge in [0.15, 0.2) is 0 Å². The van der Waals surface area contributed by atoms with Crippen molar-refractivity contribution < 1.29 is 27.7 Å². The van der Waals surface area contributed by atoms with Crippen molar-refractivity contribution in [3.05, 3.63) is 33.9 Å². The average Bonchev–Trinajstić information content (AvgIpc) is 2.57. The predicted octanol–water partition coefficient (Wildman–Crippen LogP) is 2.06. The summed E-state index contributed by atoms with van der Waals surface area (Å²) in [6.45, 7) is 2.13. The molecule has 3 N–H and O–H groups in total. The third kappa shape index (κ3) is 6.95. The van der Waals surface area contributed by atoms with Crippen LogP contribution in [0.15, 0.2) is 18.2 Å². The lowest BCUT2D eigenvalue weighted by Gasteiger charge is -2.11. The first-order valence-corrected chi connectivity index (χ1v) is 7.78. The fourth-order valence-corrected chi connectivity index (χ4v) is 1.91. The number of carbonyl (C=O) groups is 2. The number of nitrogens with zero attached hydrogens (tertiary/aromatic N) is 1. The summed E-state index contributed by atoms with van der Waals surface area (Å²) < 4.78 is 37.9. The summed E-state index contributed by atoms with van der Waals surface area (Å²) in [5.74, 6) is -0.815. The molecule has 8 nitrogen and oxygen atoms in total. The van der Waals surface area contributed by atoms with E-state index in [1.165, 1.54) is 0 Å². The summed E-state index contributed by atoms with van der Waals surface area (Å²) in [6.07, 6.45) is -4.05. The van der Waals surface area contributed by atoms with E-state index < -0.39 is 28.3 Å². The molecule has 0 aromatic heterocycles. The van der Waals surface area contributed by atoms with Crippen molar-refractivity contribution in [1.82, 2.24) is 10.6 Å². The van der Waals surface area contributed by atoms with E-state index in [0.29, 0.717) is 18.7 Å². The van der Waals surface area contributed by atoms with Crippen LogP contribution in [0.4, 0.5) is 24.5 Å². The minimum Gasteiger partial charge on any atom is -0.379 e. The third-order valence-corrected chi connectivity index (χ3v) is 3.21. The summed E-state index contributed by atoms with van der Waals surface area (Å²) in [6, 6.07) is 2.09. The molecule has 1 rings (SSSR count). The van der Waals surface area contributed by atoms with Crippen LogP contribution >= 0.6 is 0 Å². The number of nitrogens with one attached hydrogen (secondary N) is 3. The van der Waals surface area contributed by atoms with E-state index in [4.69, 9.17) is 0 Å². The second kappa shape index (κ2) is 9.59. The molecule has 0 spiro atoms. The number of alkyl halides is 3. The SMILES string of the molecule is CCCNC(=O)CNC(=O)CCNc1ccc(C(F)(F)F)cc1[N+](=O)[O-]. The Morgan fingerprint density at radius 3 is 2.42 bits per heavy atom. The zero-order chi connectivity index (χ0) is 19.7. The summed E-state index contributed by atoms with van der Waals surface area (Å²) in [4.78, 5) is 32.9. The molecule has 0 aliphatic carbocycles. The molecule has 0 aliphatic heterocycles. The monoisotopic (exact) mass is 376 g/mol. The van der Waals surface area contributed by atoms with Gasteiger partial charge in [0.2, 0.25) is 11.8 Å². The molecule has 0 radical (unpaired) electrons. The normalized spacial score (nSPS) is 10.9. The maximum Gasteiger partial charge on any atom is 0.416 e. The van der Waals surface area contributed by atoms with Crippen molar-refractivity contribution in [2.75, 3.05) is 25.0 Å². The van der Waals surface area contributed by atoms with Crippen molar-refractivity contribution in [3.63, 3.8) is 0 Å². The number of carbonyl (C=O) groups excluding carboxylic acids is 2. The topological polar surface area (TPSA) is 113 Å². The molecule has 0 atom stereocenters. The summed E-state index contributed by atoms with van der Waals surface area (Å²) in [5, 5.41) is 18.4. The van der Waals surface area contributed by atoms with Crippen molar-refractivity contribution >= 4 is 23.2 Å². The first-order chi connectivity index (χ1) is 12.1. The molecule has 1 aromatic carbocycles. The number of halogens is 3. The summed E-state index contributed by atoms with van der Waals surface area (Å²) in [7, 11) is 0. The average molecular weight is 376 g/mol. The lowest BCUT2D eigenvalue weighted by Crippen LogP contribution is -2.37. The molecule has 1 aromatic rings. The van der Waals surface area contributed by atoms with Crippen molar-refractivity contribution in [2.24, 2.45) is 0 Å². The van der Waals surface area contributed by atoms with Gasteiger partial charge in [-0.3, -0.25) is 19.7 Å². The lowest BCUT2D eigenvalue weighted by molar-refractivity contribution is -0.384. The first-order valence-electron chi connectivity index (χ1n) is 7.78. The number of hydrogen-bond donors (Lipinski definition) is 3. The van der Waals surface area contributed by atoms with Crippen LogP contribution in [0.3, 0.4) is 0 Å². The number of anilines is 1. The van der Waals surface area contributed by atoms with E-state index in [9.17, 15) is 32.9 Å². The second-order valence-corrected chi connectivity index (χ2v) is 5.29. The Morgan fingerprint density at radius 1 is 1.15 bits per heavy atom. The van der Waals surface area contributed by atoms with Gasteiger partial charge in [0.25, 0.3) is 5.69 Å². The Labute approximate surface area is 147 Å². The lowest BCUT2D eigenvalue weighted by atomic mass is 10.1. The summed E-state index contributed by atoms with van der Waals surface area (Å²) in [5.41, 5.74) is -2.00. The third-order valence-electron chi connectivity index (χ3n) is 3.21. The summed E-state index contributed by atoms with van der Waals surface area (Å²) >= 11 is 0. The maximum absolute atomic E-state index is 12.6. The Hall–Kier alpha value is -2.85. The van der Waals surface area contributed by atoms with Gasteiger partial charge in [-0.2, -0.15) is 13.2 Å². The second-order valence-electron chi connectivity index (χ2n) is 5.29. The van der Waals surface area contributed by atoms with E-state index in [1.54, 1.807) is 0 Å². The minimum absolute atomic E-state index is 0.0470. The van der Waals surface area contributed by atoms with Gasteiger partial charge in [-0.05, 0) is 18.6 Å². The smallest absolute Gasteiger partial charge is 0.379 e. The molecule has 11 heteroatoms. The largest absolute Gasteiger partial charge is 0.416 e. The molecule has 26 heavy (non-hydrogen) atoms. The van der Waals surface area contributed by atoms with Crippen LogP contribution in [0.5, 0.6) is 0 Å². The number of benzene rings is 1. The van der Waals surface area contributed by atoms with Crippen LogP contribution in [0.25, 0.3) is 0 Å². The van der Waals surface area contributed by atoms with Gasteiger partial charge in [0.1, 0.15) is 5.69 Å². The highest BCUT2D eigenvalue weighted by Gasteiger charge is 2.33. The zero-order valence-electron chi connectivity index (χ0n) is 14.0. The molecule has 0 bridgehead atoms. The van der Waals surface area contributed by atoms with Gasteiger partial charge < -0.3 is 16.0 Å². The van der Waals surface area contributed by atoms with Crippen molar-refractivity contribution in [2.45, 2.75) is 25.9 Å². The van der Waals surface area contributed by atoms with Gasteiger partial charge in [-0.15, -0.1) is 0 Å². The highest BCUT2D eigenvalue weighted by molar-refractivity contribution is 5.84. The van der Waals surface area contributed by atoms with E-state index in [1.807, 2.05) is 6.92 Å². The predicted molar refractivity (Wildman–Crippen MR) is 87.5 cm³/mol. The van der Waals surface area contributed by atoms with Crippen molar-refractivity contribution in [1.29, 1.82) is 0 Å². The number of amides is 2. The van der Waals surface area contributed by atoms with Gasteiger partial charge in [0.05, 0.1) is 17.0 Å². The molecule has 144 valence electrons. The number of hydrogen-bond acceptors (Lipinski definition) is 5. The molecule has 0 heterocycles. The molecule has 0 unspecified atom stereocenters. The van der Waals surface area contributed by atoms with Crippen LogP contribution in [-0.4, -0.2) is 36.4 Å². The van der Waals surface area contributed by atoms with Crippen molar-refractivity contribution in [3.8, 4) is 0 Å². The molecule has 0 saturated carbocycles. The van der Waals surface area contributed by atoms with Crippen LogP contribution in [0, 0.1) is 10.1 Å². The Kier molecular flexibility index (Phi) is 7.81. The number of rotatable bonds is 9. The molecule has 2 amide bonds. The molecule has 0 aliphatic rings. The van der Waals surface area contributed by atoms with E-state index >= 15 is 0 Å². The van der Waals surface area contributed by atoms with Crippen LogP contribution in [0.2, 0.25) is 0 Å². The van der Waals surface area contributed by atoms with Gasteiger partial charge in [-0.1, -0.05) is 6.92 Å². The van der Waals surface area contributed by atoms with E-state index in [-0.39, 0.29) is 31.1 Å². The molecular formula is C15H19F3N4O4. The quantitative estimate of drug-likeness (QED) is 0.451. The van der Waals surface area contributed by atoms with Gasteiger partial charge >= 0.3 is 6.18 Å². The molecular weight excluding hydrogens is 357 g/mol. The van der Waals surface area contributed by atoms with Gasteiger partial charge in [-0.25, -0.2) is 0 Å². The molecule has 0 fully saturated rings.